The second-order valence-corrected chi connectivity index (χ2v) is 6.23. The fraction of sp³-hybridized carbons (Fsp3) is 0.500. The molecule has 25 heavy (non-hydrogen) atoms. The Bertz CT molecular complexity index is 697. The maximum absolute atomic E-state index is 12.2. The normalized spacial score (nSPS) is 15.2. The van der Waals surface area contributed by atoms with E-state index in [1.54, 1.807) is 0 Å². The number of hydrogen-bond donors (Lipinski definition) is 1. The summed E-state index contributed by atoms with van der Waals surface area (Å²) in [5.74, 6) is 0.779. The third-order valence-electron chi connectivity index (χ3n) is 4.34. The fourth-order valence-corrected chi connectivity index (χ4v) is 3.00. The van der Waals surface area contributed by atoms with Crippen molar-refractivity contribution in [2.75, 3.05) is 57.9 Å². The maximum atomic E-state index is 12.2. The first-order valence-electron chi connectivity index (χ1n) is 8.72. The number of carbonyl (C=O) groups excluding carboxylic acids is 1. The van der Waals surface area contributed by atoms with E-state index in [1.165, 1.54) is 6.33 Å². The van der Waals surface area contributed by atoms with Crippen LogP contribution >= 0.6 is 0 Å². The standard InChI is InChI=1S/C18H25N5O2/c1-22(18-15-5-2-3-6-16(15)20-14-21-18)13-17(24)19-7-4-8-23-9-11-25-12-10-23/h2-3,5-6,14H,4,7-13H2,1H3,(H,19,24). The molecule has 1 N–H and O–H groups in total. The molecule has 3 rings (SSSR count). The number of nitrogens with zero attached hydrogens (tertiary/aromatic N) is 4. The zero-order chi connectivity index (χ0) is 17.5. The summed E-state index contributed by atoms with van der Waals surface area (Å²) >= 11 is 0. The Kier molecular flexibility index (Phi) is 6.14. The number of amides is 1. The van der Waals surface area contributed by atoms with Crippen LogP contribution < -0.4 is 10.2 Å². The van der Waals surface area contributed by atoms with E-state index in [4.69, 9.17) is 4.74 Å². The molecule has 2 aromatic rings. The number of carbonyl (C=O) groups is 1. The van der Waals surface area contributed by atoms with Crippen molar-refractivity contribution in [1.82, 2.24) is 20.2 Å². The fourth-order valence-electron chi connectivity index (χ4n) is 3.00. The molecule has 0 aliphatic carbocycles. The first-order valence-corrected chi connectivity index (χ1v) is 8.72. The summed E-state index contributed by atoms with van der Waals surface area (Å²) in [7, 11) is 1.88. The summed E-state index contributed by atoms with van der Waals surface area (Å²) in [6.07, 6.45) is 2.49. The summed E-state index contributed by atoms with van der Waals surface area (Å²) in [6, 6.07) is 7.82. The lowest BCUT2D eigenvalue weighted by atomic mass is 10.2. The minimum atomic E-state index is 0.00664. The molecule has 1 aliphatic rings. The topological polar surface area (TPSA) is 70.6 Å². The molecule has 0 atom stereocenters. The van der Waals surface area contributed by atoms with Crippen molar-refractivity contribution in [1.29, 1.82) is 0 Å². The van der Waals surface area contributed by atoms with Crippen LogP contribution in [0, 0.1) is 0 Å². The SMILES string of the molecule is CN(CC(=O)NCCCN1CCOCC1)c1ncnc2ccccc12. The number of nitrogens with one attached hydrogen (secondary N) is 1. The second-order valence-electron chi connectivity index (χ2n) is 6.23. The molecular weight excluding hydrogens is 318 g/mol. The van der Waals surface area contributed by atoms with Gasteiger partial charge in [0.05, 0.1) is 25.3 Å². The van der Waals surface area contributed by atoms with Gasteiger partial charge in [0.25, 0.3) is 0 Å². The Morgan fingerprint density at radius 2 is 2.08 bits per heavy atom. The van der Waals surface area contributed by atoms with Crippen molar-refractivity contribution in [3.05, 3.63) is 30.6 Å². The molecule has 1 aliphatic heterocycles. The van der Waals surface area contributed by atoms with Gasteiger partial charge in [-0.05, 0) is 25.1 Å². The molecule has 0 unspecified atom stereocenters. The predicted molar refractivity (Wildman–Crippen MR) is 97.7 cm³/mol. The highest BCUT2D eigenvalue weighted by Gasteiger charge is 2.12. The van der Waals surface area contributed by atoms with E-state index in [2.05, 4.69) is 20.2 Å². The van der Waals surface area contributed by atoms with E-state index >= 15 is 0 Å². The lowest BCUT2D eigenvalue weighted by Crippen LogP contribution is -2.39. The van der Waals surface area contributed by atoms with Crippen LogP contribution in [0.3, 0.4) is 0 Å². The quantitative estimate of drug-likeness (QED) is 0.754. The van der Waals surface area contributed by atoms with E-state index in [0.717, 1.165) is 56.0 Å². The van der Waals surface area contributed by atoms with Gasteiger partial charge < -0.3 is 15.0 Å². The minimum absolute atomic E-state index is 0.00664. The molecule has 2 heterocycles. The lowest BCUT2D eigenvalue weighted by Gasteiger charge is -2.26. The minimum Gasteiger partial charge on any atom is -0.379 e. The molecule has 0 saturated carbocycles. The van der Waals surface area contributed by atoms with Crippen molar-refractivity contribution in [3.8, 4) is 0 Å². The number of likely N-dealkylation sites (N-methyl/N-ethyl adjacent to an activating group) is 1. The zero-order valence-electron chi connectivity index (χ0n) is 14.6. The van der Waals surface area contributed by atoms with Crippen LogP contribution in [0.15, 0.2) is 30.6 Å². The maximum Gasteiger partial charge on any atom is 0.239 e. The lowest BCUT2D eigenvalue weighted by molar-refractivity contribution is -0.119. The van der Waals surface area contributed by atoms with Crippen LogP contribution in [0.2, 0.25) is 0 Å². The highest BCUT2D eigenvalue weighted by Crippen LogP contribution is 2.20. The van der Waals surface area contributed by atoms with Gasteiger partial charge in [-0.15, -0.1) is 0 Å². The summed E-state index contributed by atoms with van der Waals surface area (Å²) < 4.78 is 5.33. The van der Waals surface area contributed by atoms with Crippen molar-refractivity contribution in [2.24, 2.45) is 0 Å². The van der Waals surface area contributed by atoms with E-state index in [9.17, 15) is 4.79 Å². The van der Waals surface area contributed by atoms with Crippen LogP contribution in [-0.4, -0.2) is 73.8 Å². The van der Waals surface area contributed by atoms with Gasteiger partial charge in [-0.25, -0.2) is 9.97 Å². The van der Waals surface area contributed by atoms with Crippen LogP contribution in [0.25, 0.3) is 10.9 Å². The van der Waals surface area contributed by atoms with Gasteiger partial charge in [-0.1, -0.05) is 12.1 Å². The van der Waals surface area contributed by atoms with Crippen LogP contribution in [0.4, 0.5) is 5.82 Å². The smallest absolute Gasteiger partial charge is 0.239 e. The molecule has 1 aromatic carbocycles. The molecular formula is C18H25N5O2. The second kappa shape index (κ2) is 8.73. The average molecular weight is 343 g/mol. The van der Waals surface area contributed by atoms with E-state index in [0.29, 0.717) is 6.54 Å². The molecule has 0 spiro atoms. The van der Waals surface area contributed by atoms with Crippen LogP contribution in [0.5, 0.6) is 0 Å². The largest absolute Gasteiger partial charge is 0.379 e. The molecule has 1 aromatic heterocycles. The number of rotatable bonds is 7. The van der Waals surface area contributed by atoms with Gasteiger partial charge in [0.15, 0.2) is 0 Å². The molecule has 1 saturated heterocycles. The summed E-state index contributed by atoms with van der Waals surface area (Å²) in [5, 5.41) is 3.94. The summed E-state index contributed by atoms with van der Waals surface area (Å²) in [4.78, 5) is 25.0. The number of ether oxygens (including phenoxy) is 1. The van der Waals surface area contributed by atoms with Gasteiger partial charge >= 0.3 is 0 Å². The third kappa shape index (κ3) is 4.87. The molecule has 7 nitrogen and oxygen atoms in total. The van der Waals surface area contributed by atoms with E-state index in [1.807, 2.05) is 36.2 Å². The summed E-state index contributed by atoms with van der Waals surface area (Å²) in [6.45, 7) is 5.55. The molecule has 1 fully saturated rings. The van der Waals surface area contributed by atoms with Crippen molar-refractivity contribution < 1.29 is 9.53 Å². The van der Waals surface area contributed by atoms with Gasteiger partial charge in [0.2, 0.25) is 5.91 Å². The number of benzene rings is 1. The highest BCUT2D eigenvalue weighted by atomic mass is 16.5. The van der Waals surface area contributed by atoms with Gasteiger partial charge in [-0.2, -0.15) is 0 Å². The zero-order valence-corrected chi connectivity index (χ0v) is 14.6. The van der Waals surface area contributed by atoms with Gasteiger partial charge in [-0.3, -0.25) is 9.69 Å². The number of aromatic nitrogens is 2. The first kappa shape index (κ1) is 17.6. The molecule has 7 heteroatoms. The Labute approximate surface area is 148 Å². The third-order valence-corrected chi connectivity index (χ3v) is 4.34. The number of fused-ring (bicyclic) bond motifs is 1. The Hall–Kier alpha value is -2.25. The van der Waals surface area contributed by atoms with Crippen LogP contribution in [-0.2, 0) is 9.53 Å². The Morgan fingerprint density at radius 3 is 2.92 bits per heavy atom. The first-order chi connectivity index (χ1) is 12.2. The van der Waals surface area contributed by atoms with Crippen molar-refractivity contribution in [2.45, 2.75) is 6.42 Å². The average Bonchev–Trinajstić information content (AvgIpc) is 2.65. The summed E-state index contributed by atoms with van der Waals surface area (Å²) in [5.41, 5.74) is 0.880. The van der Waals surface area contributed by atoms with E-state index < -0.39 is 0 Å². The molecule has 0 bridgehead atoms. The molecule has 0 radical (unpaired) electrons. The van der Waals surface area contributed by atoms with Gasteiger partial charge in [0.1, 0.15) is 12.1 Å². The van der Waals surface area contributed by atoms with Crippen molar-refractivity contribution >= 4 is 22.6 Å². The van der Waals surface area contributed by atoms with Crippen molar-refractivity contribution in [3.63, 3.8) is 0 Å². The van der Waals surface area contributed by atoms with E-state index in [-0.39, 0.29) is 12.5 Å². The number of para-hydroxylation sites is 1. The number of morpholine rings is 1. The highest BCUT2D eigenvalue weighted by molar-refractivity contribution is 5.91. The van der Waals surface area contributed by atoms with Crippen LogP contribution in [0.1, 0.15) is 6.42 Å². The molecule has 1 amide bonds. The monoisotopic (exact) mass is 343 g/mol. The van der Waals surface area contributed by atoms with Gasteiger partial charge in [0, 0.05) is 32.1 Å². The number of hydrogen-bond acceptors (Lipinski definition) is 6. The Balaban J connectivity index is 1.45. The number of anilines is 1. The molecule has 134 valence electrons. The Morgan fingerprint density at radius 1 is 1.28 bits per heavy atom. The predicted octanol–water partition coefficient (Wildman–Crippen LogP) is 0.905.